The summed E-state index contributed by atoms with van der Waals surface area (Å²) in [5.74, 6) is 0. The highest BCUT2D eigenvalue weighted by molar-refractivity contribution is 5.18. The van der Waals surface area contributed by atoms with Gasteiger partial charge in [0, 0.05) is 5.56 Å². The van der Waals surface area contributed by atoms with Crippen LogP contribution in [0.4, 0.5) is 0 Å². The predicted octanol–water partition coefficient (Wildman–Crippen LogP) is 5.61. The minimum Gasteiger partial charge on any atom is -0.368 e. The Labute approximate surface area is 207 Å². The molecule has 0 aromatic heterocycles. The van der Waals surface area contributed by atoms with Gasteiger partial charge in [0.1, 0.15) is 24.4 Å². The molecule has 0 bridgehead atoms. The molecule has 0 N–H and O–H groups in total. The van der Waals surface area contributed by atoms with Gasteiger partial charge in [-0.2, -0.15) is 0 Å². The van der Waals surface area contributed by atoms with Gasteiger partial charge in [-0.15, -0.1) is 6.58 Å². The van der Waals surface area contributed by atoms with Crippen LogP contribution in [0.25, 0.3) is 0 Å². The maximum atomic E-state index is 6.58. The molecular formula is C30H32O5. The third kappa shape index (κ3) is 5.89. The quantitative estimate of drug-likeness (QED) is 0.379. The first-order valence-electron chi connectivity index (χ1n) is 12.2. The van der Waals surface area contributed by atoms with E-state index in [9.17, 15) is 0 Å². The van der Waals surface area contributed by atoms with Gasteiger partial charge >= 0.3 is 0 Å². The highest BCUT2D eigenvalue weighted by atomic mass is 16.7. The van der Waals surface area contributed by atoms with Crippen LogP contribution in [-0.4, -0.2) is 37.1 Å². The Morgan fingerprint density at radius 2 is 1.31 bits per heavy atom. The number of hydrogen-bond acceptors (Lipinski definition) is 5. The van der Waals surface area contributed by atoms with Crippen molar-refractivity contribution in [3.8, 4) is 0 Å². The van der Waals surface area contributed by atoms with Gasteiger partial charge in [0.2, 0.25) is 0 Å². The van der Waals surface area contributed by atoms with Gasteiger partial charge in [0.05, 0.1) is 25.9 Å². The summed E-state index contributed by atoms with van der Waals surface area (Å²) in [6.07, 6.45) is 0.585. The Kier molecular flexibility index (Phi) is 8.03. The van der Waals surface area contributed by atoms with Crippen LogP contribution in [0.3, 0.4) is 0 Å². The van der Waals surface area contributed by atoms with E-state index in [2.05, 4.69) is 30.8 Å². The lowest BCUT2D eigenvalue weighted by Gasteiger charge is -2.49. The van der Waals surface area contributed by atoms with Gasteiger partial charge in [-0.05, 0) is 17.5 Å². The van der Waals surface area contributed by atoms with E-state index >= 15 is 0 Å². The first-order chi connectivity index (χ1) is 17.3. The molecule has 6 atom stereocenters. The van der Waals surface area contributed by atoms with E-state index in [1.807, 2.05) is 72.8 Å². The normalized spacial score (nSPS) is 28.2. The molecule has 0 radical (unpaired) electrons. The first-order valence-corrected chi connectivity index (χ1v) is 12.2. The summed E-state index contributed by atoms with van der Waals surface area (Å²) >= 11 is 0. The number of ether oxygens (including phenoxy) is 5. The lowest BCUT2D eigenvalue weighted by atomic mass is 9.92. The summed E-state index contributed by atoms with van der Waals surface area (Å²) in [4.78, 5) is 0. The monoisotopic (exact) mass is 472 g/mol. The van der Waals surface area contributed by atoms with Crippen LogP contribution in [-0.2, 0) is 36.9 Å². The number of rotatable bonds is 9. The second-order valence-corrected chi connectivity index (χ2v) is 8.94. The number of benzene rings is 3. The molecule has 2 fully saturated rings. The van der Waals surface area contributed by atoms with Crippen LogP contribution in [0, 0.1) is 0 Å². The topological polar surface area (TPSA) is 46.2 Å². The van der Waals surface area contributed by atoms with Crippen molar-refractivity contribution in [2.24, 2.45) is 0 Å². The summed E-state index contributed by atoms with van der Waals surface area (Å²) in [6, 6.07) is 30.3. The summed E-state index contributed by atoms with van der Waals surface area (Å²) < 4.78 is 32.1. The molecule has 3 aromatic rings. The summed E-state index contributed by atoms with van der Waals surface area (Å²) in [5, 5.41) is 0. The molecule has 2 saturated heterocycles. The van der Waals surface area contributed by atoms with Crippen molar-refractivity contribution in [3.05, 3.63) is 120 Å². The highest BCUT2D eigenvalue weighted by Gasteiger charge is 2.50. The molecule has 5 nitrogen and oxygen atoms in total. The van der Waals surface area contributed by atoms with Crippen LogP contribution in [0.1, 0.15) is 29.4 Å². The summed E-state index contributed by atoms with van der Waals surface area (Å²) in [7, 11) is 0. The average molecular weight is 473 g/mol. The molecular weight excluding hydrogens is 440 g/mol. The number of fused-ring (bicyclic) bond motifs is 1. The summed E-state index contributed by atoms with van der Waals surface area (Å²) in [5.41, 5.74) is 3.18. The Morgan fingerprint density at radius 1 is 0.743 bits per heavy atom. The Balaban J connectivity index is 1.40. The standard InChI is InChI=1S/C30H32O5/c1-2-12-25-27(31-19-22-13-6-3-7-14-22)29(32-20-23-15-8-4-9-16-23)28-26(34-25)21-33-30(35-28)24-17-10-5-11-18-24/h2-11,13-18,25-30H,1,12,19-21H2/t25-,26?,27?,28+,29?,30?/m0/s1. The molecule has 3 aromatic carbocycles. The zero-order valence-corrected chi connectivity index (χ0v) is 19.8. The van der Waals surface area contributed by atoms with E-state index in [-0.39, 0.29) is 30.5 Å². The van der Waals surface area contributed by atoms with Crippen molar-refractivity contribution < 1.29 is 23.7 Å². The largest absolute Gasteiger partial charge is 0.368 e. The zero-order chi connectivity index (χ0) is 23.9. The minimum atomic E-state index is -0.477. The summed E-state index contributed by atoms with van der Waals surface area (Å²) in [6.45, 7) is 5.29. The van der Waals surface area contributed by atoms with Gasteiger partial charge in [-0.25, -0.2) is 0 Å². The van der Waals surface area contributed by atoms with Crippen molar-refractivity contribution in [1.29, 1.82) is 0 Å². The van der Waals surface area contributed by atoms with Gasteiger partial charge < -0.3 is 23.7 Å². The average Bonchev–Trinajstić information content (AvgIpc) is 2.92. The van der Waals surface area contributed by atoms with Crippen LogP contribution in [0.2, 0.25) is 0 Å². The van der Waals surface area contributed by atoms with E-state index < -0.39 is 6.29 Å². The lowest BCUT2D eigenvalue weighted by Crippen LogP contribution is -2.63. The Morgan fingerprint density at radius 3 is 1.91 bits per heavy atom. The Hall–Kier alpha value is -2.80. The molecule has 35 heavy (non-hydrogen) atoms. The van der Waals surface area contributed by atoms with Gasteiger partial charge in [-0.1, -0.05) is 97.1 Å². The third-order valence-electron chi connectivity index (χ3n) is 6.46. The lowest BCUT2D eigenvalue weighted by molar-refractivity contribution is -0.339. The predicted molar refractivity (Wildman–Crippen MR) is 134 cm³/mol. The van der Waals surface area contributed by atoms with Crippen molar-refractivity contribution >= 4 is 0 Å². The molecule has 4 unspecified atom stereocenters. The van der Waals surface area contributed by atoms with Crippen molar-refractivity contribution in [1.82, 2.24) is 0 Å². The molecule has 2 heterocycles. The number of hydrogen-bond donors (Lipinski definition) is 0. The highest BCUT2D eigenvalue weighted by Crippen LogP contribution is 2.37. The van der Waals surface area contributed by atoms with E-state index in [0.29, 0.717) is 26.2 Å². The maximum Gasteiger partial charge on any atom is 0.184 e. The van der Waals surface area contributed by atoms with Gasteiger partial charge in [0.25, 0.3) is 0 Å². The van der Waals surface area contributed by atoms with Crippen molar-refractivity contribution in [3.63, 3.8) is 0 Å². The molecule has 0 spiro atoms. The molecule has 2 aliphatic heterocycles. The molecule has 2 aliphatic rings. The van der Waals surface area contributed by atoms with Gasteiger partial charge in [0.15, 0.2) is 6.29 Å². The fourth-order valence-corrected chi connectivity index (χ4v) is 4.72. The molecule has 5 heteroatoms. The first kappa shape index (κ1) is 23.9. The van der Waals surface area contributed by atoms with Gasteiger partial charge in [-0.3, -0.25) is 0 Å². The molecule has 5 rings (SSSR count). The molecule has 0 aliphatic carbocycles. The van der Waals surface area contributed by atoms with E-state index in [0.717, 1.165) is 16.7 Å². The Bertz CT molecular complexity index is 1040. The van der Waals surface area contributed by atoms with Crippen LogP contribution >= 0.6 is 0 Å². The maximum absolute atomic E-state index is 6.58. The second kappa shape index (κ2) is 11.8. The third-order valence-corrected chi connectivity index (χ3v) is 6.46. The van der Waals surface area contributed by atoms with E-state index in [1.54, 1.807) is 0 Å². The minimum absolute atomic E-state index is 0.210. The SMILES string of the molecule is C=CC[C@@H]1OC2COC(c3ccccc3)O[C@H]2C(OCc2ccccc2)C1OCc1ccccc1. The van der Waals surface area contributed by atoms with Crippen LogP contribution in [0.15, 0.2) is 104 Å². The fraction of sp³-hybridized carbons (Fsp3) is 0.333. The van der Waals surface area contributed by atoms with Crippen LogP contribution in [0.5, 0.6) is 0 Å². The van der Waals surface area contributed by atoms with E-state index in [1.165, 1.54) is 0 Å². The smallest absolute Gasteiger partial charge is 0.184 e. The fourth-order valence-electron chi connectivity index (χ4n) is 4.72. The van der Waals surface area contributed by atoms with Crippen molar-refractivity contribution in [2.75, 3.05) is 6.61 Å². The van der Waals surface area contributed by atoms with Crippen LogP contribution < -0.4 is 0 Å². The van der Waals surface area contributed by atoms with E-state index in [4.69, 9.17) is 23.7 Å². The zero-order valence-electron chi connectivity index (χ0n) is 19.8. The second-order valence-electron chi connectivity index (χ2n) is 8.94. The molecule has 0 amide bonds. The molecule has 182 valence electrons. The van der Waals surface area contributed by atoms with Crippen molar-refractivity contribution in [2.45, 2.75) is 56.4 Å². The molecule has 0 saturated carbocycles.